The first-order valence-electron chi connectivity index (χ1n) is 6.56. The topological polar surface area (TPSA) is 3.24 Å². The lowest BCUT2D eigenvalue weighted by Crippen LogP contribution is -2.15. The molecule has 0 radical (unpaired) electrons. The van der Waals surface area contributed by atoms with Crippen LogP contribution >= 0.6 is 11.6 Å². The van der Waals surface area contributed by atoms with Gasteiger partial charge in [0, 0.05) is 24.7 Å². The fourth-order valence-corrected chi connectivity index (χ4v) is 2.94. The number of benzene rings is 2. The summed E-state index contributed by atoms with van der Waals surface area (Å²) < 4.78 is 12.9. The zero-order chi connectivity index (χ0) is 14.1. The van der Waals surface area contributed by atoms with Gasteiger partial charge >= 0.3 is 0 Å². The maximum atomic E-state index is 12.9. The first-order chi connectivity index (χ1) is 9.65. The predicted octanol–water partition coefficient (Wildman–Crippen LogP) is 4.64. The highest BCUT2D eigenvalue weighted by molar-refractivity contribution is 6.31. The quantitative estimate of drug-likeness (QED) is 0.795. The minimum absolute atomic E-state index is 0.197. The van der Waals surface area contributed by atoms with Crippen molar-refractivity contribution < 1.29 is 4.39 Å². The summed E-state index contributed by atoms with van der Waals surface area (Å²) in [6, 6.07) is 10.8. The SMILES string of the molecule is C=Cc1cc(Cl)c2c(c1)CN(Cc1ccc(F)cc1)C2. The lowest BCUT2D eigenvalue weighted by Gasteiger charge is -2.14. The molecule has 20 heavy (non-hydrogen) atoms. The third-order valence-corrected chi connectivity index (χ3v) is 3.98. The highest BCUT2D eigenvalue weighted by Crippen LogP contribution is 2.31. The molecule has 3 rings (SSSR count). The van der Waals surface area contributed by atoms with Crippen LogP contribution in [0.5, 0.6) is 0 Å². The number of hydrogen-bond donors (Lipinski definition) is 0. The maximum absolute atomic E-state index is 12.9. The van der Waals surface area contributed by atoms with Crippen molar-refractivity contribution in [1.29, 1.82) is 0 Å². The van der Waals surface area contributed by atoms with E-state index in [0.29, 0.717) is 0 Å². The fraction of sp³-hybridized carbons (Fsp3) is 0.176. The van der Waals surface area contributed by atoms with E-state index in [-0.39, 0.29) is 5.82 Å². The van der Waals surface area contributed by atoms with Crippen LogP contribution in [0.1, 0.15) is 22.3 Å². The normalized spacial score (nSPS) is 14.3. The minimum Gasteiger partial charge on any atom is -0.291 e. The molecule has 0 saturated heterocycles. The van der Waals surface area contributed by atoms with E-state index in [1.165, 1.54) is 23.3 Å². The molecule has 0 unspecified atom stereocenters. The van der Waals surface area contributed by atoms with Crippen molar-refractivity contribution in [2.24, 2.45) is 0 Å². The molecule has 102 valence electrons. The van der Waals surface area contributed by atoms with Gasteiger partial charge in [0.15, 0.2) is 0 Å². The second kappa shape index (κ2) is 5.39. The Hall–Kier alpha value is -1.64. The lowest BCUT2D eigenvalue weighted by atomic mass is 10.1. The first kappa shape index (κ1) is 13.3. The molecule has 0 N–H and O–H groups in total. The van der Waals surface area contributed by atoms with Crippen LogP contribution in [0.2, 0.25) is 5.02 Å². The third kappa shape index (κ3) is 2.62. The van der Waals surface area contributed by atoms with E-state index in [4.69, 9.17) is 11.6 Å². The lowest BCUT2D eigenvalue weighted by molar-refractivity contribution is 0.275. The van der Waals surface area contributed by atoms with Gasteiger partial charge in [-0.2, -0.15) is 0 Å². The second-order valence-corrected chi connectivity index (χ2v) is 5.52. The standard InChI is InChI=1S/C17H15ClFN/c1-2-12-7-14-10-20(11-16(14)17(18)8-12)9-13-3-5-15(19)6-4-13/h2-8H,1,9-11H2. The van der Waals surface area contributed by atoms with Crippen LogP contribution < -0.4 is 0 Å². The Morgan fingerprint density at radius 2 is 1.95 bits per heavy atom. The molecule has 0 spiro atoms. The average Bonchev–Trinajstić information content (AvgIpc) is 2.84. The molecule has 2 aromatic carbocycles. The maximum Gasteiger partial charge on any atom is 0.123 e. The first-order valence-corrected chi connectivity index (χ1v) is 6.94. The third-order valence-electron chi connectivity index (χ3n) is 3.64. The summed E-state index contributed by atoms with van der Waals surface area (Å²) >= 11 is 6.32. The van der Waals surface area contributed by atoms with Crippen LogP contribution in [0.3, 0.4) is 0 Å². The van der Waals surface area contributed by atoms with E-state index in [0.717, 1.165) is 35.8 Å². The summed E-state index contributed by atoms with van der Waals surface area (Å²) in [6.07, 6.45) is 1.81. The molecule has 0 bridgehead atoms. The van der Waals surface area contributed by atoms with Crippen LogP contribution in [0, 0.1) is 5.82 Å². The van der Waals surface area contributed by atoms with E-state index in [1.807, 2.05) is 24.3 Å². The van der Waals surface area contributed by atoms with E-state index in [9.17, 15) is 4.39 Å². The highest BCUT2D eigenvalue weighted by atomic mass is 35.5. The number of halogens is 2. The molecule has 0 fully saturated rings. The average molecular weight is 288 g/mol. The van der Waals surface area contributed by atoms with Gasteiger partial charge in [-0.1, -0.05) is 42.5 Å². The zero-order valence-corrected chi connectivity index (χ0v) is 11.8. The van der Waals surface area contributed by atoms with Crippen molar-refractivity contribution in [3.8, 4) is 0 Å². The Morgan fingerprint density at radius 1 is 1.20 bits per heavy atom. The Bertz CT molecular complexity index is 649. The van der Waals surface area contributed by atoms with Gasteiger partial charge in [-0.15, -0.1) is 0 Å². The van der Waals surface area contributed by atoms with E-state index < -0.39 is 0 Å². The molecule has 0 aromatic heterocycles. The molecule has 3 heteroatoms. The van der Waals surface area contributed by atoms with E-state index in [1.54, 1.807) is 0 Å². The van der Waals surface area contributed by atoms with Crippen LogP contribution in [-0.4, -0.2) is 4.90 Å². The second-order valence-electron chi connectivity index (χ2n) is 5.12. The molecule has 0 amide bonds. The summed E-state index contributed by atoms with van der Waals surface area (Å²) in [5, 5.41) is 0.805. The number of hydrogen-bond acceptors (Lipinski definition) is 1. The van der Waals surface area contributed by atoms with E-state index >= 15 is 0 Å². The Balaban J connectivity index is 1.78. The van der Waals surface area contributed by atoms with Gasteiger partial charge in [-0.3, -0.25) is 4.90 Å². The fourth-order valence-electron chi connectivity index (χ4n) is 2.63. The smallest absolute Gasteiger partial charge is 0.123 e. The largest absolute Gasteiger partial charge is 0.291 e. The molecule has 0 aliphatic carbocycles. The summed E-state index contributed by atoms with van der Waals surface area (Å²) in [5.41, 5.74) is 4.62. The minimum atomic E-state index is -0.197. The number of fused-ring (bicyclic) bond motifs is 1. The molecule has 1 aliphatic rings. The van der Waals surface area contributed by atoms with Gasteiger partial charge < -0.3 is 0 Å². The molecule has 2 aromatic rings. The van der Waals surface area contributed by atoms with Gasteiger partial charge in [-0.05, 0) is 40.5 Å². The van der Waals surface area contributed by atoms with Crippen LogP contribution in [0.4, 0.5) is 4.39 Å². The van der Waals surface area contributed by atoms with Crippen molar-refractivity contribution in [3.63, 3.8) is 0 Å². The zero-order valence-electron chi connectivity index (χ0n) is 11.1. The summed E-state index contributed by atoms with van der Waals surface area (Å²) in [4.78, 5) is 2.30. The molecule has 0 saturated carbocycles. The Morgan fingerprint density at radius 3 is 2.65 bits per heavy atom. The van der Waals surface area contributed by atoms with Gasteiger partial charge in [0.2, 0.25) is 0 Å². The van der Waals surface area contributed by atoms with E-state index in [2.05, 4.69) is 17.5 Å². The number of rotatable bonds is 3. The summed E-state index contributed by atoms with van der Waals surface area (Å²) in [6.45, 7) is 6.29. The predicted molar refractivity (Wildman–Crippen MR) is 80.9 cm³/mol. The molecular weight excluding hydrogens is 273 g/mol. The molecule has 1 nitrogen and oxygen atoms in total. The van der Waals surface area contributed by atoms with Crippen molar-refractivity contribution in [1.82, 2.24) is 4.90 Å². The van der Waals surface area contributed by atoms with Crippen LogP contribution in [-0.2, 0) is 19.6 Å². The Labute approximate surface area is 123 Å². The van der Waals surface area contributed by atoms with Crippen molar-refractivity contribution in [2.75, 3.05) is 0 Å². The highest BCUT2D eigenvalue weighted by Gasteiger charge is 2.21. The monoisotopic (exact) mass is 287 g/mol. The molecule has 1 heterocycles. The van der Waals surface area contributed by atoms with Crippen LogP contribution in [0.15, 0.2) is 43.0 Å². The number of nitrogens with zero attached hydrogens (tertiary/aromatic N) is 1. The van der Waals surface area contributed by atoms with Gasteiger partial charge in [0.25, 0.3) is 0 Å². The van der Waals surface area contributed by atoms with Crippen LogP contribution in [0.25, 0.3) is 6.08 Å². The van der Waals surface area contributed by atoms with Gasteiger partial charge in [0.05, 0.1) is 0 Å². The molecule has 1 aliphatic heterocycles. The van der Waals surface area contributed by atoms with Crippen molar-refractivity contribution in [2.45, 2.75) is 19.6 Å². The Kier molecular flexibility index (Phi) is 3.60. The van der Waals surface area contributed by atoms with Gasteiger partial charge in [0.1, 0.15) is 5.82 Å². The van der Waals surface area contributed by atoms with Gasteiger partial charge in [-0.25, -0.2) is 4.39 Å². The van der Waals surface area contributed by atoms with Crippen molar-refractivity contribution >= 4 is 17.7 Å². The molecular formula is C17H15ClFN. The summed E-state index contributed by atoms with van der Waals surface area (Å²) in [5.74, 6) is -0.197. The molecule has 0 atom stereocenters. The summed E-state index contributed by atoms with van der Waals surface area (Å²) in [7, 11) is 0. The van der Waals surface area contributed by atoms with Crippen molar-refractivity contribution in [3.05, 3.63) is 76.1 Å².